The lowest BCUT2D eigenvalue weighted by atomic mass is 10.1. The molecule has 3 rings (SSSR count). The minimum Gasteiger partial charge on any atom is -0.396 e. The number of fused-ring (bicyclic) bond motifs is 1. The highest BCUT2D eigenvalue weighted by Gasteiger charge is 2.35. The number of hydrogen-bond donors (Lipinski definition) is 1. The predicted octanol–water partition coefficient (Wildman–Crippen LogP) is 0.283. The molecule has 0 bridgehead atoms. The fourth-order valence-corrected chi connectivity index (χ4v) is 3.21. The molecule has 1 N–H and O–H groups in total. The largest absolute Gasteiger partial charge is 0.396 e. The molecular weight excluding hydrogens is 294 g/mol. The average Bonchev–Trinajstić information content (AvgIpc) is 2.84. The fraction of sp³-hybridized carbons (Fsp3) is 0.529. The average molecular weight is 317 g/mol. The molecule has 0 atom stereocenters. The Morgan fingerprint density at radius 1 is 0.826 bits per heavy atom. The molecule has 23 heavy (non-hydrogen) atoms. The van der Waals surface area contributed by atoms with Crippen LogP contribution in [0.15, 0.2) is 24.3 Å². The summed E-state index contributed by atoms with van der Waals surface area (Å²) >= 11 is 0. The molecule has 1 fully saturated rings. The minimum absolute atomic E-state index is 0.174. The van der Waals surface area contributed by atoms with E-state index in [1.807, 2.05) is 0 Å². The van der Waals surface area contributed by atoms with Gasteiger partial charge in [0.1, 0.15) is 0 Å². The maximum Gasteiger partial charge on any atom is 0.261 e. The Bertz CT molecular complexity index is 547. The molecule has 0 spiro atoms. The van der Waals surface area contributed by atoms with E-state index in [2.05, 4.69) is 9.80 Å². The van der Waals surface area contributed by atoms with Crippen LogP contribution in [0, 0.1) is 0 Å². The summed E-state index contributed by atoms with van der Waals surface area (Å²) in [4.78, 5) is 30.6. The topological polar surface area (TPSA) is 64.1 Å². The van der Waals surface area contributed by atoms with Crippen LogP contribution in [0.4, 0.5) is 0 Å². The van der Waals surface area contributed by atoms with E-state index in [0.717, 1.165) is 45.7 Å². The van der Waals surface area contributed by atoms with Crippen molar-refractivity contribution >= 4 is 11.8 Å². The summed E-state index contributed by atoms with van der Waals surface area (Å²) in [5.74, 6) is -0.348. The first-order chi connectivity index (χ1) is 11.2. The van der Waals surface area contributed by atoms with Crippen LogP contribution in [0.3, 0.4) is 0 Å². The Labute approximate surface area is 136 Å². The lowest BCUT2D eigenvalue weighted by Gasteiger charge is -2.35. The number of imide groups is 1. The summed E-state index contributed by atoms with van der Waals surface area (Å²) < 4.78 is 0. The zero-order valence-electron chi connectivity index (χ0n) is 13.3. The molecule has 0 aliphatic carbocycles. The van der Waals surface area contributed by atoms with Gasteiger partial charge in [0.25, 0.3) is 11.8 Å². The molecule has 2 aliphatic heterocycles. The molecule has 0 unspecified atom stereocenters. The van der Waals surface area contributed by atoms with Crippen molar-refractivity contribution in [3.8, 4) is 0 Å². The van der Waals surface area contributed by atoms with Gasteiger partial charge in [-0.2, -0.15) is 0 Å². The Morgan fingerprint density at radius 3 is 1.87 bits per heavy atom. The van der Waals surface area contributed by atoms with Crippen molar-refractivity contribution in [1.82, 2.24) is 14.7 Å². The van der Waals surface area contributed by atoms with Gasteiger partial charge >= 0.3 is 0 Å². The van der Waals surface area contributed by atoms with E-state index in [4.69, 9.17) is 5.11 Å². The lowest BCUT2D eigenvalue weighted by molar-refractivity contribution is 0.0613. The summed E-state index contributed by atoms with van der Waals surface area (Å²) in [6, 6.07) is 7.02. The summed E-state index contributed by atoms with van der Waals surface area (Å²) in [6.07, 6.45) is 0.815. The van der Waals surface area contributed by atoms with Crippen LogP contribution in [0.2, 0.25) is 0 Å². The van der Waals surface area contributed by atoms with Gasteiger partial charge in [0.05, 0.1) is 11.1 Å². The first-order valence-corrected chi connectivity index (χ1v) is 8.21. The highest BCUT2D eigenvalue weighted by molar-refractivity contribution is 6.21. The van der Waals surface area contributed by atoms with Crippen LogP contribution < -0.4 is 0 Å². The summed E-state index contributed by atoms with van der Waals surface area (Å²) in [5, 5.41) is 8.87. The quantitative estimate of drug-likeness (QED) is 0.764. The molecule has 0 saturated carbocycles. The molecule has 6 heteroatoms. The van der Waals surface area contributed by atoms with Gasteiger partial charge in [-0.1, -0.05) is 12.1 Å². The second-order valence-corrected chi connectivity index (χ2v) is 6.07. The summed E-state index contributed by atoms with van der Waals surface area (Å²) in [7, 11) is 0. The Morgan fingerprint density at radius 2 is 1.35 bits per heavy atom. The van der Waals surface area contributed by atoms with E-state index in [0.29, 0.717) is 17.7 Å². The standard InChI is InChI=1S/C17H23N3O3/c21-13-3-6-18-7-9-19(10-8-18)11-12-20-16(22)14-4-1-2-5-15(14)17(20)23/h1-2,4-5,21H,3,6-13H2. The van der Waals surface area contributed by atoms with Crippen molar-refractivity contribution in [2.45, 2.75) is 6.42 Å². The number of hydrogen-bond acceptors (Lipinski definition) is 5. The number of aliphatic hydroxyl groups is 1. The highest BCUT2D eigenvalue weighted by Crippen LogP contribution is 2.22. The highest BCUT2D eigenvalue weighted by atomic mass is 16.3. The van der Waals surface area contributed by atoms with Crippen molar-refractivity contribution in [2.75, 3.05) is 52.4 Å². The molecule has 0 radical (unpaired) electrons. The normalized spacial score (nSPS) is 19.4. The smallest absolute Gasteiger partial charge is 0.261 e. The molecule has 0 aromatic heterocycles. The van der Waals surface area contributed by atoms with Gasteiger partial charge in [0.2, 0.25) is 0 Å². The van der Waals surface area contributed by atoms with Gasteiger partial charge in [-0.05, 0) is 18.6 Å². The zero-order chi connectivity index (χ0) is 16.2. The van der Waals surface area contributed by atoms with Gasteiger partial charge in [0.15, 0.2) is 0 Å². The van der Waals surface area contributed by atoms with E-state index in [9.17, 15) is 9.59 Å². The number of piperazine rings is 1. The SMILES string of the molecule is O=C1c2ccccc2C(=O)N1CCN1CCN(CCCO)CC1. The maximum atomic E-state index is 12.3. The number of benzene rings is 1. The second-order valence-electron chi connectivity index (χ2n) is 6.07. The van der Waals surface area contributed by atoms with Crippen LogP contribution in [0.25, 0.3) is 0 Å². The molecule has 6 nitrogen and oxygen atoms in total. The minimum atomic E-state index is -0.174. The van der Waals surface area contributed by atoms with Crippen LogP contribution in [-0.4, -0.2) is 84.0 Å². The number of amides is 2. The van der Waals surface area contributed by atoms with Crippen LogP contribution in [-0.2, 0) is 0 Å². The van der Waals surface area contributed by atoms with E-state index in [1.54, 1.807) is 24.3 Å². The van der Waals surface area contributed by atoms with Crippen LogP contribution >= 0.6 is 0 Å². The number of carbonyl (C=O) groups excluding carboxylic acids is 2. The third-order valence-electron chi connectivity index (χ3n) is 4.62. The summed E-state index contributed by atoms with van der Waals surface area (Å²) in [5.41, 5.74) is 1.04. The molecule has 2 heterocycles. The molecule has 1 aromatic carbocycles. The van der Waals surface area contributed by atoms with E-state index < -0.39 is 0 Å². The van der Waals surface area contributed by atoms with Gasteiger partial charge < -0.3 is 10.0 Å². The number of aliphatic hydroxyl groups excluding tert-OH is 1. The first-order valence-electron chi connectivity index (χ1n) is 8.21. The van der Waals surface area contributed by atoms with Crippen molar-refractivity contribution in [1.29, 1.82) is 0 Å². The molecule has 124 valence electrons. The molecule has 1 aromatic rings. The van der Waals surface area contributed by atoms with Crippen LogP contribution in [0.1, 0.15) is 27.1 Å². The van der Waals surface area contributed by atoms with Crippen molar-refractivity contribution in [2.24, 2.45) is 0 Å². The fourth-order valence-electron chi connectivity index (χ4n) is 3.21. The number of nitrogens with zero attached hydrogens (tertiary/aromatic N) is 3. The lowest BCUT2D eigenvalue weighted by Crippen LogP contribution is -2.49. The molecular formula is C17H23N3O3. The van der Waals surface area contributed by atoms with Crippen molar-refractivity contribution < 1.29 is 14.7 Å². The molecule has 2 amide bonds. The van der Waals surface area contributed by atoms with E-state index in [-0.39, 0.29) is 18.4 Å². The molecule has 1 saturated heterocycles. The van der Waals surface area contributed by atoms with Crippen molar-refractivity contribution in [3.63, 3.8) is 0 Å². The Kier molecular flexibility index (Phi) is 5.05. The molecule has 2 aliphatic rings. The van der Waals surface area contributed by atoms with Gasteiger partial charge in [-0.3, -0.25) is 19.4 Å². The van der Waals surface area contributed by atoms with Crippen molar-refractivity contribution in [3.05, 3.63) is 35.4 Å². The van der Waals surface area contributed by atoms with Crippen LogP contribution in [0.5, 0.6) is 0 Å². The van der Waals surface area contributed by atoms with Gasteiger partial charge in [0, 0.05) is 52.4 Å². The van der Waals surface area contributed by atoms with E-state index in [1.165, 1.54) is 4.90 Å². The second kappa shape index (κ2) is 7.21. The third-order valence-corrected chi connectivity index (χ3v) is 4.62. The number of carbonyl (C=O) groups is 2. The van der Waals surface area contributed by atoms with Gasteiger partial charge in [-0.15, -0.1) is 0 Å². The summed E-state index contributed by atoms with van der Waals surface area (Å²) in [6.45, 7) is 6.17. The van der Waals surface area contributed by atoms with E-state index >= 15 is 0 Å². The third kappa shape index (κ3) is 3.44. The number of rotatable bonds is 6. The first kappa shape index (κ1) is 16.1. The zero-order valence-corrected chi connectivity index (χ0v) is 13.3. The Hall–Kier alpha value is -1.76. The maximum absolute atomic E-state index is 12.3. The van der Waals surface area contributed by atoms with Gasteiger partial charge in [-0.25, -0.2) is 0 Å². The Balaban J connectivity index is 1.49. The monoisotopic (exact) mass is 317 g/mol. The predicted molar refractivity (Wildman–Crippen MR) is 86.4 cm³/mol.